The summed E-state index contributed by atoms with van der Waals surface area (Å²) in [6.07, 6.45) is 3.40. The summed E-state index contributed by atoms with van der Waals surface area (Å²) < 4.78 is 40.6. The third-order valence-electron chi connectivity index (χ3n) is 3.71. The van der Waals surface area contributed by atoms with Gasteiger partial charge in [-0.05, 0) is 29.8 Å². The standard InChI is InChI=1S/C18H14F2N2O5S/c1-25-13-7-10(8-14(26-2)17(13)27-18(19)20)3-6-16-21-12-5-4-11(22(23)24)9-15(12)28-16/h3-9,18H,1-2H3/b6-3+. The van der Waals surface area contributed by atoms with Gasteiger partial charge in [0.1, 0.15) is 5.01 Å². The minimum atomic E-state index is -3.02. The number of aromatic nitrogens is 1. The van der Waals surface area contributed by atoms with E-state index in [0.717, 1.165) is 0 Å². The number of ether oxygens (including phenoxy) is 3. The first-order chi connectivity index (χ1) is 13.4. The van der Waals surface area contributed by atoms with Gasteiger partial charge in [-0.1, -0.05) is 6.08 Å². The van der Waals surface area contributed by atoms with Gasteiger partial charge in [-0.3, -0.25) is 10.1 Å². The van der Waals surface area contributed by atoms with Gasteiger partial charge < -0.3 is 14.2 Å². The van der Waals surface area contributed by atoms with Crippen LogP contribution in [0.5, 0.6) is 17.2 Å². The zero-order valence-corrected chi connectivity index (χ0v) is 15.5. The van der Waals surface area contributed by atoms with Gasteiger partial charge >= 0.3 is 6.61 Å². The molecule has 0 aliphatic carbocycles. The number of hydrogen-bond acceptors (Lipinski definition) is 7. The maximum Gasteiger partial charge on any atom is 0.387 e. The van der Waals surface area contributed by atoms with Gasteiger partial charge in [-0.15, -0.1) is 11.3 Å². The summed E-state index contributed by atoms with van der Waals surface area (Å²) in [6.45, 7) is -3.02. The Labute approximate surface area is 161 Å². The van der Waals surface area contributed by atoms with E-state index in [4.69, 9.17) is 9.47 Å². The summed E-state index contributed by atoms with van der Waals surface area (Å²) in [6, 6.07) is 7.49. The van der Waals surface area contributed by atoms with Crippen LogP contribution in [0.25, 0.3) is 22.4 Å². The monoisotopic (exact) mass is 408 g/mol. The Hall–Kier alpha value is -3.27. The maximum atomic E-state index is 12.6. The molecular weight excluding hydrogens is 394 g/mol. The first kappa shape index (κ1) is 19.5. The first-order valence-electron chi connectivity index (χ1n) is 7.85. The fraction of sp³-hybridized carbons (Fsp3) is 0.167. The molecule has 0 N–H and O–H groups in total. The Bertz CT molecular complexity index is 1030. The van der Waals surface area contributed by atoms with E-state index in [9.17, 15) is 18.9 Å². The molecule has 0 atom stereocenters. The van der Waals surface area contributed by atoms with Crippen molar-refractivity contribution in [2.75, 3.05) is 14.2 Å². The molecule has 0 aliphatic heterocycles. The number of nitrogens with zero attached hydrogens (tertiary/aromatic N) is 2. The fourth-order valence-electron chi connectivity index (χ4n) is 2.49. The molecule has 0 fully saturated rings. The number of nitro benzene ring substituents is 1. The van der Waals surface area contributed by atoms with Crippen molar-refractivity contribution in [3.05, 3.63) is 51.0 Å². The molecule has 0 saturated carbocycles. The highest BCUT2D eigenvalue weighted by Gasteiger charge is 2.17. The van der Waals surface area contributed by atoms with Crippen molar-refractivity contribution in [1.82, 2.24) is 4.98 Å². The summed E-state index contributed by atoms with van der Waals surface area (Å²) in [4.78, 5) is 14.8. The Kier molecular flexibility index (Phi) is 5.69. The molecule has 1 heterocycles. The Morgan fingerprint density at radius 3 is 2.39 bits per heavy atom. The number of alkyl halides is 2. The second-order valence-electron chi connectivity index (χ2n) is 5.43. The van der Waals surface area contributed by atoms with Crippen molar-refractivity contribution in [1.29, 1.82) is 0 Å². The number of rotatable bonds is 7. The predicted molar refractivity (Wildman–Crippen MR) is 101 cm³/mol. The lowest BCUT2D eigenvalue weighted by molar-refractivity contribution is -0.384. The quantitative estimate of drug-likeness (QED) is 0.404. The van der Waals surface area contributed by atoms with E-state index in [-0.39, 0.29) is 22.9 Å². The SMILES string of the molecule is COc1cc(/C=C/c2nc3ccc([N+](=O)[O-])cc3s2)cc(OC)c1OC(F)F. The molecule has 7 nitrogen and oxygen atoms in total. The van der Waals surface area contributed by atoms with E-state index in [0.29, 0.717) is 20.8 Å². The molecule has 3 rings (SSSR count). The maximum absolute atomic E-state index is 12.6. The summed E-state index contributed by atoms with van der Waals surface area (Å²) in [7, 11) is 2.67. The van der Waals surface area contributed by atoms with Crippen LogP contribution in [0.4, 0.5) is 14.5 Å². The number of thiazole rings is 1. The highest BCUT2D eigenvalue weighted by molar-refractivity contribution is 7.19. The van der Waals surface area contributed by atoms with Crippen LogP contribution in [-0.4, -0.2) is 30.7 Å². The number of hydrogen-bond donors (Lipinski definition) is 0. The van der Waals surface area contributed by atoms with Gasteiger partial charge in [-0.25, -0.2) is 4.98 Å². The normalized spacial score (nSPS) is 11.3. The summed E-state index contributed by atoms with van der Waals surface area (Å²) in [5.74, 6) is 0.00268. The molecule has 0 radical (unpaired) electrons. The van der Waals surface area contributed by atoms with Crippen LogP contribution in [-0.2, 0) is 0 Å². The third-order valence-corrected chi connectivity index (χ3v) is 4.69. The van der Waals surface area contributed by atoms with E-state index in [1.807, 2.05) is 0 Å². The number of nitro groups is 1. The van der Waals surface area contributed by atoms with Gasteiger partial charge in [-0.2, -0.15) is 8.78 Å². The van der Waals surface area contributed by atoms with E-state index >= 15 is 0 Å². The lowest BCUT2D eigenvalue weighted by Gasteiger charge is -2.14. The van der Waals surface area contributed by atoms with Gasteiger partial charge in [0.25, 0.3) is 5.69 Å². The van der Waals surface area contributed by atoms with Crippen molar-refractivity contribution in [3.8, 4) is 17.2 Å². The minimum absolute atomic E-state index is 0.00392. The summed E-state index contributed by atoms with van der Waals surface area (Å²) >= 11 is 1.29. The van der Waals surface area contributed by atoms with Crippen LogP contribution < -0.4 is 14.2 Å². The van der Waals surface area contributed by atoms with Crippen molar-refractivity contribution in [2.24, 2.45) is 0 Å². The number of benzene rings is 2. The minimum Gasteiger partial charge on any atom is -0.493 e. The Balaban J connectivity index is 1.93. The predicted octanol–water partition coefficient (Wildman–Crippen LogP) is 4.99. The largest absolute Gasteiger partial charge is 0.493 e. The van der Waals surface area contributed by atoms with Crippen molar-refractivity contribution < 1.29 is 27.9 Å². The smallest absolute Gasteiger partial charge is 0.387 e. The highest BCUT2D eigenvalue weighted by atomic mass is 32.1. The molecule has 1 aromatic heterocycles. The molecule has 0 unspecified atom stereocenters. The van der Waals surface area contributed by atoms with Crippen molar-refractivity contribution in [3.63, 3.8) is 0 Å². The van der Waals surface area contributed by atoms with Crippen LogP contribution in [0.15, 0.2) is 30.3 Å². The molecule has 3 aromatic rings. The van der Waals surface area contributed by atoms with E-state index < -0.39 is 11.5 Å². The summed E-state index contributed by atoms with van der Waals surface area (Å²) in [5.41, 5.74) is 1.25. The topological polar surface area (TPSA) is 83.7 Å². The van der Waals surface area contributed by atoms with Gasteiger partial charge in [0, 0.05) is 12.1 Å². The average Bonchev–Trinajstić information content (AvgIpc) is 3.08. The van der Waals surface area contributed by atoms with E-state index in [2.05, 4.69) is 9.72 Å². The second kappa shape index (κ2) is 8.17. The van der Waals surface area contributed by atoms with Gasteiger partial charge in [0.15, 0.2) is 11.5 Å². The van der Waals surface area contributed by atoms with Crippen LogP contribution in [0.1, 0.15) is 10.6 Å². The van der Waals surface area contributed by atoms with Gasteiger partial charge in [0.2, 0.25) is 5.75 Å². The van der Waals surface area contributed by atoms with Crippen molar-refractivity contribution in [2.45, 2.75) is 6.61 Å². The van der Waals surface area contributed by atoms with Crippen LogP contribution in [0.3, 0.4) is 0 Å². The first-order valence-corrected chi connectivity index (χ1v) is 8.67. The molecule has 0 bridgehead atoms. The highest BCUT2D eigenvalue weighted by Crippen LogP contribution is 2.40. The number of non-ortho nitro benzene ring substituents is 1. The number of fused-ring (bicyclic) bond motifs is 1. The van der Waals surface area contributed by atoms with Crippen LogP contribution in [0.2, 0.25) is 0 Å². The zero-order chi connectivity index (χ0) is 20.3. The molecule has 10 heteroatoms. The Morgan fingerprint density at radius 2 is 1.82 bits per heavy atom. The summed E-state index contributed by atoms with van der Waals surface area (Å²) in [5, 5.41) is 11.5. The molecule has 0 spiro atoms. The molecule has 0 aliphatic rings. The van der Waals surface area contributed by atoms with Crippen molar-refractivity contribution >= 4 is 39.4 Å². The van der Waals surface area contributed by atoms with E-state index in [1.54, 1.807) is 18.2 Å². The molecular formula is C18H14F2N2O5S. The Morgan fingerprint density at radius 1 is 1.14 bits per heavy atom. The number of methoxy groups -OCH3 is 2. The van der Waals surface area contributed by atoms with Crippen LogP contribution >= 0.6 is 11.3 Å². The van der Waals surface area contributed by atoms with Gasteiger partial charge in [0.05, 0.1) is 29.4 Å². The fourth-order valence-corrected chi connectivity index (χ4v) is 3.39. The zero-order valence-electron chi connectivity index (χ0n) is 14.7. The molecule has 146 valence electrons. The lowest BCUT2D eigenvalue weighted by Crippen LogP contribution is -2.05. The second-order valence-corrected chi connectivity index (χ2v) is 6.49. The molecule has 28 heavy (non-hydrogen) atoms. The third kappa shape index (κ3) is 4.17. The molecule has 0 amide bonds. The average molecular weight is 408 g/mol. The number of halogens is 2. The molecule has 2 aromatic carbocycles. The van der Waals surface area contributed by atoms with Crippen LogP contribution in [0, 0.1) is 10.1 Å². The van der Waals surface area contributed by atoms with E-state index in [1.165, 1.54) is 49.8 Å². The molecule has 0 saturated heterocycles. The lowest BCUT2D eigenvalue weighted by atomic mass is 10.1.